The van der Waals surface area contributed by atoms with Crippen LogP contribution >= 0.6 is 11.6 Å². The molecular weight excluding hydrogens is 353 g/mol. The van der Waals surface area contributed by atoms with Gasteiger partial charge in [-0.2, -0.15) is 0 Å². The molecule has 0 radical (unpaired) electrons. The zero-order valence-corrected chi connectivity index (χ0v) is 14.7. The number of rotatable bonds is 2. The number of allylic oxidation sites excluding steroid dienone is 2. The summed E-state index contributed by atoms with van der Waals surface area (Å²) in [5.41, 5.74) is 2.45. The van der Waals surface area contributed by atoms with E-state index in [1.54, 1.807) is 24.3 Å². The van der Waals surface area contributed by atoms with Gasteiger partial charge in [-0.3, -0.25) is 9.59 Å². The van der Waals surface area contributed by atoms with Crippen molar-refractivity contribution in [3.05, 3.63) is 81.8 Å². The van der Waals surface area contributed by atoms with Gasteiger partial charge >= 0.3 is 0 Å². The fourth-order valence-electron chi connectivity index (χ4n) is 4.01. The van der Waals surface area contributed by atoms with Crippen molar-refractivity contribution in [2.24, 2.45) is 0 Å². The minimum Gasteiger partial charge on any atom is -0.329 e. The Morgan fingerprint density at radius 1 is 0.923 bits per heavy atom. The van der Waals surface area contributed by atoms with Crippen molar-refractivity contribution in [2.75, 3.05) is 0 Å². The summed E-state index contributed by atoms with van der Waals surface area (Å²) in [6.07, 6.45) is 0.910. The number of Topliss-reactive ketones (excluding diaryl/α,β-unsaturated/α-hetero) is 1. The van der Waals surface area contributed by atoms with Crippen molar-refractivity contribution < 1.29 is 14.0 Å². The van der Waals surface area contributed by atoms with Crippen LogP contribution in [0, 0.1) is 5.82 Å². The number of amides is 1. The summed E-state index contributed by atoms with van der Waals surface area (Å²) in [7, 11) is 0. The van der Waals surface area contributed by atoms with Crippen molar-refractivity contribution in [2.45, 2.75) is 31.1 Å². The average Bonchev–Trinajstić information content (AvgIpc) is 2.61. The molecule has 0 spiro atoms. The first-order valence-corrected chi connectivity index (χ1v) is 8.97. The van der Waals surface area contributed by atoms with E-state index in [1.165, 1.54) is 6.07 Å². The maximum Gasteiger partial charge on any atom is 0.225 e. The molecule has 1 N–H and O–H groups in total. The van der Waals surface area contributed by atoms with Gasteiger partial charge in [0, 0.05) is 35.1 Å². The lowest BCUT2D eigenvalue weighted by Crippen LogP contribution is -2.38. The number of ketones is 1. The summed E-state index contributed by atoms with van der Waals surface area (Å²) in [5, 5.41) is 3.45. The molecule has 1 heterocycles. The predicted molar refractivity (Wildman–Crippen MR) is 97.4 cm³/mol. The van der Waals surface area contributed by atoms with Crippen LogP contribution in [-0.4, -0.2) is 11.7 Å². The fraction of sp³-hybridized carbons (Fsp3) is 0.238. The summed E-state index contributed by atoms with van der Waals surface area (Å²) >= 11 is 6.29. The fourth-order valence-corrected chi connectivity index (χ4v) is 4.30. The zero-order valence-electron chi connectivity index (χ0n) is 14.0. The SMILES string of the molecule is O=C1C[C@@H](c2ccccc2F)C2=C(C[C@H](c3ccccc3Cl)CC2=O)N1. The Labute approximate surface area is 155 Å². The predicted octanol–water partition coefficient (Wildman–Crippen LogP) is 4.48. The van der Waals surface area contributed by atoms with Gasteiger partial charge in [0.25, 0.3) is 0 Å². The summed E-state index contributed by atoms with van der Waals surface area (Å²) in [5.74, 6) is -1.25. The van der Waals surface area contributed by atoms with Gasteiger partial charge in [0.05, 0.1) is 0 Å². The normalized spacial score (nSPS) is 22.8. The van der Waals surface area contributed by atoms with E-state index in [9.17, 15) is 14.0 Å². The van der Waals surface area contributed by atoms with Gasteiger partial charge in [-0.25, -0.2) is 4.39 Å². The molecule has 0 aromatic heterocycles. The van der Waals surface area contributed by atoms with E-state index in [4.69, 9.17) is 11.6 Å². The summed E-state index contributed by atoms with van der Waals surface area (Å²) in [6, 6.07) is 13.8. The van der Waals surface area contributed by atoms with Crippen LogP contribution in [-0.2, 0) is 9.59 Å². The third kappa shape index (κ3) is 2.95. The molecule has 132 valence electrons. The molecule has 0 unspecified atom stereocenters. The summed E-state index contributed by atoms with van der Waals surface area (Å²) in [6.45, 7) is 0. The van der Waals surface area contributed by atoms with Crippen LogP contribution in [0.15, 0.2) is 59.8 Å². The third-order valence-electron chi connectivity index (χ3n) is 5.16. The van der Waals surface area contributed by atoms with Gasteiger partial charge in [0.1, 0.15) is 5.82 Å². The Bertz CT molecular complexity index is 937. The molecule has 0 fully saturated rings. The third-order valence-corrected chi connectivity index (χ3v) is 5.51. The lowest BCUT2D eigenvalue weighted by molar-refractivity contribution is -0.122. The van der Waals surface area contributed by atoms with Crippen LogP contribution in [0.4, 0.5) is 4.39 Å². The number of carbonyl (C=O) groups is 2. The Morgan fingerprint density at radius 2 is 1.62 bits per heavy atom. The van der Waals surface area contributed by atoms with E-state index in [0.29, 0.717) is 34.7 Å². The molecule has 5 heteroatoms. The largest absolute Gasteiger partial charge is 0.329 e. The molecule has 2 aliphatic rings. The highest BCUT2D eigenvalue weighted by Gasteiger charge is 2.39. The average molecular weight is 370 g/mol. The number of hydrogen-bond donors (Lipinski definition) is 1. The van der Waals surface area contributed by atoms with E-state index in [0.717, 1.165) is 5.56 Å². The van der Waals surface area contributed by atoms with Crippen LogP contribution in [0.3, 0.4) is 0 Å². The molecule has 1 aliphatic heterocycles. The highest BCUT2D eigenvalue weighted by atomic mass is 35.5. The first kappa shape index (κ1) is 17.0. The molecule has 3 nitrogen and oxygen atoms in total. The summed E-state index contributed by atoms with van der Waals surface area (Å²) in [4.78, 5) is 25.2. The topological polar surface area (TPSA) is 46.2 Å². The number of carbonyl (C=O) groups excluding carboxylic acids is 2. The number of nitrogens with one attached hydrogen (secondary N) is 1. The molecule has 0 bridgehead atoms. The smallest absolute Gasteiger partial charge is 0.225 e. The quantitative estimate of drug-likeness (QED) is 0.848. The highest BCUT2D eigenvalue weighted by Crippen LogP contribution is 2.44. The molecular formula is C21H17ClFNO2. The van der Waals surface area contributed by atoms with Gasteiger partial charge in [-0.1, -0.05) is 48.0 Å². The van der Waals surface area contributed by atoms with Crippen molar-refractivity contribution in [1.82, 2.24) is 5.32 Å². The van der Waals surface area contributed by atoms with Gasteiger partial charge in [0.2, 0.25) is 5.91 Å². The maximum atomic E-state index is 14.3. The highest BCUT2D eigenvalue weighted by molar-refractivity contribution is 6.31. The molecule has 0 saturated heterocycles. The molecule has 1 aliphatic carbocycles. The van der Waals surface area contributed by atoms with E-state index < -0.39 is 5.92 Å². The zero-order chi connectivity index (χ0) is 18.3. The van der Waals surface area contributed by atoms with Crippen molar-refractivity contribution in [3.8, 4) is 0 Å². The van der Waals surface area contributed by atoms with E-state index in [2.05, 4.69) is 5.32 Å². The summed E-state index contributed by atoms with van der Waals surface area (Å²) < 4.78 is 14.3. The number of halogens is 2. The lowest BCUT2D eigenvalue weighted by Gasteiger charge is -2.34. The molecule has 0 saturated carbocycles. The van der Waals surface area contributed by atoms with Gasteiger partial charge < -0.3 is 5.32 Å². The maximum absolute atomic E-state index is 14.3. The van der Waals surface area contributed by atoms with Gasteiger partial charge in [-0.15, -0.1) is 0 Å². The lowest BCUT2D eigenvalue weighted by atomic mass is 9.73. The standard InChI is InChI=1S/C21H17ClFNO2/c22-16-7-3-1-5-13(16)12-9-18-21(19(25)10-12)15(11-20(26)24-18)14-6-2-4-8-17(14)23/h1-8,12,15H,9-11H2,(H,24,26)/t12-,15-/m0/s1. The van der Waals surface area contributed by atoms with E-state index in [-0.39, 0.29) is 29.8 Å². The molecule has 1 amide bonds. The Kier molecular flexibility index (Phi) is 4.37. The minimum atomic E-state index is -0.528. The molecule has 2 atom stereocenters. The van der Waals surface area contributed by atoms with Crippen LogP contribution in [0.25, 0.3) is 0 Å². The monoisotopic (exact) mass is 369 g/mol. The number of benzene rings is 2. The first-order valence-electron chi connectivity index (χ1n) is 8.59. The second-order valence-electron chi connectivity index (χ2n) is 6.77. The van der Waals surface area contributed by atoms with Gasteiger partial charge in [0.15, 0.2) is 5.78 Å². The molecule has 2 aromatic carbocycles. The second kappa shape index (κ2) is 6.69. The molecule has 26 heavy (non-hydrogen) atoms. The minimum absolute atomic E-state index is 0.0515. The van der Waals surface area contributed by atoms with E-state index in [1.807, 2.05) is 18.2 Å². The van der Waals surface area contributed by atoms with Gasteiger partial charge in [-0.05, 0) is 35.6 Å². The van der Waals surface area contributed by atoms with Crippen LogP contribution in [0.5, 0.6) is 0 Å². The molecule has 2 aromatic rings. The van der Waals surface area contributed by atoms with Crippen molar-refractivity contribution in [3.63, 3.8) is 0 Å². The van der Waals surface area contributed by atoms with Crippen LogP contribution < -0.4 is 5.32 Å². The van der Waals surface area contributed by atoms with Crippen molar-refractivity contribution in [1.29, 1.82) is 0 Å². The van der Waals surface area contributed by atoms with E-state index >= 15 is 0 Å². The van der Waals surface area contributed by atoms with Crippen molar-refractivity contribution >= 4 is 23.3 Å². The Hall–Kier alpha value is -2.46. The molecule has 4 rings (SSSR count). The Balaban J connectivity index is 1.76. The van der Waals surface area contributed by atoms with Crippen LogP contribution in [0.1, 0.15) is 42.2 Å². The first-order chi connectivity index (χ1) is 12.5. The van der Waals surface area contributed by atoms with Crippen LogP contribution in [0.2, 0.25) is 5.02 Å². The number of hydrogen-bond acceptors (Lipinski definition) is 2. The second-order valence-corrected chi connectivity index (χ2v) is 7.18. The Morgan fingerprint density at radius 3 is 2.35 bits per heavy atom.